The number of carbonyl (C=O) groups is 1. The molecule has 0 aliphatic carbocycles. The number of rotatable bonds is 9. The van der Waals surface area contributed by atoms with E-state index >= 15 is 0 Å². The summed E-state index contributed by atoms with van der Waals surface area (Å²) in [7, 11) is -3.89. The van der Waals surface area contributed by atoms with Crippen molar-refractivity contribution in [3.8, 4) is 27.3 Å². The van der Waals surface area contributed by atoms with Crippen LogP contribution in [0, 0.1) is 0 Å². The number of benzene rings is 3. The molecule has 0 radical (unpaired) electrons. The fourth-order valence-corrected chi connectivity index (χ4v) is 7.20. The molecule has 0 fully saturated rings. The molecule has 1 amide bonds. The van der Waals surface area contributed by atoms with Gasteiger partial charge in [0.2, 0.25) is 0 Å². The maximum atomic E-state index is 12.6. The fourth-order valence-electron chi connectivity index (χ4n) is 3.87. The van der Waals surface area contributed by atoms with E-state index in [-0.39, 0.29) is 9.77 Å². The second kappa shape index (κ2) is 11.6. The van der Waals surface area contributed by atoms with Gasteiger partial charge in [0.1, 0.15) is 16.6 Å². The lowest BCUT2D eigenvalue weighted by Gasteiger charge is -2.14. The fraction of sp³-hybridized carbons (Fsp3) is 0.0690. The minimum absolute atomic E-state index is 0.100. The number of thiophene rings is 2. The van der Waals surface area contributed by atoms with Gasteiger partial charge in [-0.25, -0.2) is 13.1 Å². The summed E-state index contributed by atoms with van der Waals surface area (Å²) < 4.78 is 33.3. The van der Waals surface area contributed by atoms with Gasteiger partial charge in [-0.15, -0.1) is 34.4 Å². The second-order valence-corrected chi connectivity index (χ2v) is 12.9. The Kier molecular flexibility index (Phi) is 7.99. The predicted octanol–water partition coefficient (Wildman–Crippen LogP) is 7.56. The van der Waals surface area contributed by atoms with Crippen LogP contribution in [0.3, 0.4) is 0 Å². The highest BCUT2D eigenvalue weighted by Crippen LogP contribution is 2.42. The lowest BCUT2D eigenvalue weighted by molar-refractivity contribution is 0.0981. The molecule has 0 aliphatic rings. The smallest absolute Gasteiger partial charge is 0.273 e. The van der Waals surface area contributed by atoms with Gasteiger partial charge in [-0.1, -0.05) is 48.5 Å². The summed E-state index contributed by atoms with van der Waals surface area (Å²) in [5.74, 6) is 0.127. The molecule has 192 valence electrons. The van der Waals surface area contributed by atoms with Gasteiger partial charge >= 0.3 is 0 Å². The van der Waals surface area contributed by atoms with Gasteiger partial charge in [-0.3, -0.25) is 4.79 Å². The van der Waals surface area contributed by atoms with E-state index in [2.05, 4.69) is 22.9 Å². The van der Waals surface area contributed by atoms with Crippen molar-refractivity contribution in [2.75, 3.05) is 6.26 Å². The van der Waals surface area contributed by atoms with Gasteiger partial charge in [-0.05, 0) is 70.6 Å². The monoisotopic (exact) mass is 577 g/mol. The largest absolute Gasteiger partial charge is 0.488 e. The average Bonchev–Trinajstić information content (AvgIpc) is 3.66. The van der Waals surface area contributed by atoms with Gasteiger partial charge < -0.3 is 4.74 Å². The maximum Gasteiger partial charge on any atom is 0.273 e. The molecule has 0 saturated carbocycles. The minimum atomic E-state index is -3.89. The summed E-state index contributed by atoms with van der Waals surface area (Å²) in [6.07, 6.45) is 2.04. The minimum Gasteiger partial charge on any atom is -0.488 e. The first-order chi connectivity index (χ1) is 18.4. The van der Waals surface area contributed by atoms with Crippen LogP contribution < -0.4 is 9.46 Å². The number of carbonyl (C=O) groups excluding carboxylic acids is 1. The van der Waals surface area contributed by atoms with Crippen molar-refractivity contribution in [2.45, 2.75) is 15.7 Å². The molecule has 1 N–H and O–H groups in total. The van der Waals surface area contributed by atoms with Crippen molar-refractivity contribution in [3.63, 3.8) is 0 Å². The molecule has 38 heavy (non-hydrogen) atoms. The number of hydrogen-bond acceptors (Lipinski definition) is 7. The number of sulfonamides is 1. The van der Waals surface area contributed by atoms with Crippen molar-refractivity contribution in [1.29, 1.82) is 0 Å². The van der Waals surface area contributed by atoms with E-state index in [1.807, 2.05) is 60.2 Å². The van der Waals surface area contributed by atoms with Gasteiger partial charge in [0.15, 0.2) is 0 Å². The van der Waals surface area contributed by atoms with Gasteiger partial charge in [-0.2, -0.15) is 0 Å². The molecular weight excluding hydrogens is 555 g/mol. The Morgan fingerprint density at radius 2 is 1.66 bits per heavy atom. The molecule has 2 aromatic heterocycles. The van der Waals surface area contributed by atoms with Crippen molar-refractivity contribution in [1.82, 2.24) is 4.72 Å². The lowest BCUT2D eigenvalue weighted by Crippen LogP contribution is -2.29. The molecule has 0 unspecified atom stereocenters. The quantitative estimate of drug-likeness (QED) is 0.183. The number of hydrogen-bond donors (Lipinski definition) is 1. The highest BCUT2D eigenvalue weighted by molar-refractivity contribution is 7.98. The van der Waals surface area contributed by atoms with E-state index < -0.39 is 15.9 Å². The first-order valence-corrected chi connectivity index (χ1v) is 16.0. The number of nitrogens with one attached hydrogen (secondary N) is 1. The first-order valence-electron chi connectivity index (χ1n) is 11.6. The summed E-state index contributed by atoms with van der Waals surface area (Å²) in [4.78, 5) is 14.8. The van der Waals surface area contributed by atoms with Crippen LogP contribution in [0.25, 0.3) is 21.6 Å². The Balaban J connectivity index is 1.41. The average molecular weight is 578 g/mol. The lowest BCUT2D eigenvalue weighted by atomic mass is 10.0. The Labute approximate surface area is 234 Å². The van der Waals surface area contributed by atoms with Crippen LogP contribution in [0.4, 0.5) is 0 Å². The van der Waals surface area contributed by atoms with E-state index in [9.17, 15) is 13.2 Å². The van der Waals surface area contributed by atoms with Crippen LogP contribution >= 0.6 is 34.4 Å². The summed E-state index contributed by atoms with van der Waals surface area (Å²) in [6.45, 7) is 0.462. The molecule has 5 aromatic rings. The van der Waals surface area contributed by atoms with Crippen LogP contribution in [0.15, 0.2) is 111 Å². The molecule has 0 aliphatic heterocycles. The molecule has 5 nitrogen and oxygen atoms in total. The molecule has 0 spiro atoms. The topological polar surface area (TPSA) is 72.5 Å². The molecule has 5 rings (SSSR count). The molecule has 0 bridgehead atoms. The predicted molar refractivity (Wildman–Crippen MR) is 157 cm³/mol. The third kappa shape index (κ3) is 5.86. The highest BCUT2D eigenvalue weighted by atomic mass is 32.2. The molecule has 9 heteroatoms. The molecule has 2 heterocycles. The van der Waals surface area contributed by atoms with Crippen LogP contribution in [0.5, 0.6) is 5.75 Å². The van der Waals surface area contributed by atoms with Crippen LogP contribution in [-0.2, 0) is 16.6 Å². The van der Waals surface area contributed by atoms with E-state index in [1.165, 1.54) is 6.07 Å². The Hall–Kier alpha value is -3.37. The van der Waals surface area contributed by atoms with Crippen molar-refractivity contribution < 1.29 is 17.9 Å². The van der Waals surface area contributed by atoms with E-state index in [1.54, 1.807) is 46.7 Å². The number of ether oxygens (including phenoxy) is 1. The number of amides is 1. The van der Waals surface area contributed by atoms with Crippen LogP contribution in [0.2, 0.25) is 0 Å². The van der Waals surface area contributed by atoms with Gasteiger partial charge in [0.05, 0.1) is 0 Å². The third-order valence-electron chi connectivity index (χ3n) is 5.78. The third-order valence-corrected chi connectivity index (χ3v) is 10.2. The van der Waals surface area contributed by atoms with Crippen molar-refractivity contribution >= 4 is 50.4 Å². The highest BCUT2D eigenvalue weighted by Gasteiger charge is 2.20. The van der Waals surface area contributed by atoms with E-state index in [4.69, 9.17) is 4.74 Å². The SMILES string of the molecule is CSc1ccc(OCc2ccccc2)c(-c2ccsc2-c2ccc(C(=O)NS(=O)(=O)c3cccs3)cc2)c1. The van der Waals surface area contributed by atoms with E-state index in [0.717, 1.165) is 49.1 Å². The standard InChI is InChI=1S/C29H23NO4S4/c1-35-23-13-14-26(34-19-20-6-3-2-4-7-20)25(18-23)24-15-17-37-28(24)21-9-11-22(12-10-21)29(31)30-38(32,33)27-8-5-16-36-27/h2-18H,19H2,1H3,(H,30,31). The summed E-state index contributed by atoms with van der Waals surface area (Å²) in [5, 5.41) is 3.69. The molecule has 0 atom stereocenters. The second-order valence-electron chi connectivity index (χ2n) is 8.24. The Bertz CT molecular complexity index is 1640. The van der Waals surface area contributed by atoms with Gasteiger partial charge in [0.25, 0.3) is 15.9 Å². The normalized spacial score (nSPS) is 11.3. The number of thioether (sulfide) groups is 1. The first kappa shape index (κ1) is 26.2. The summed E-state index contributed by atoms with van der Waals surface area (Å²) in [6, 6.07) is 28.4. The zero-order valence-corrected chi connectivity index (χ0v) is 23.6. The zero-order valence-electron chi connectivity index (χ0n) is 20.3. The summed E-state index contributed by atoms with van der Waals surface area (Å²) >= 11 is 4.33. The molecule has 3 aromatic carbocycles. The Morgan fingerprint density at radius 3 is 2.37 bits per heavy atom. The molecule has 0 saturated heterocycles. The molecular formula is C29H23NO4S4. The zero-order chi connectivity index (χ0) is 26.5. The van der Waals surface area contributed by atoms with Crippen molar-refractivity contribution in [3.05, 3.63) is 113 Å². The Morgan fingerprint density at radius 1 is 0.868 bits per heavy atom. The van der Waals surface area contributed by atoms with Crippen molar-refractivity contribution in [2.24, 2.45) is 0 Å². The summed E-state index contributed by atoms with van der Waals surface area (Å²) in [5.41, 5.74) is 4.31. The maximum absolute atomic E-state index is 12.6. The van der Waals surface area contributed by atoms with Gasteiger partial charge in [0, 0.05) is 26.5 Å². The van der Waals surface area contributed by atoms with E-state index in [0.29, 0.717) is 6.61 Å². The van der Waals surface area contributed by atoms with Crippen LogP contribution in [-0.4, -0.2) is 20.6 Å². The van der Waals surface area contributed by atoms with Crippen LogP contribution in [0.1, 0.15) is 15.9 Å².